The number of benzene rings is 1. The highest BCUT2D eigenvalue weighted by molar-refractivity contribution is 7.13. The van der Waals surface area contributed by atoms with Crippen LogP contribution in [0.3, 0.4) is 0 Å². The molecule has 8 N–H and O–H groups in total. The van der Waals surface area contributed by atoms with Gasteiger partial charge in [-0.05, 0) is 160 Å². The second-order valence-corrected chi connectivity index (χ2v) is 31.9. The van der Waals surface area contributed by atoms with Crippen molar-refractivity contribution in [1.82, 2.24) is 141 Å². The van der Waals surface area contributed by atoms with E-state index in [-0.39, 0.29) is 0 Å². The maximum atomic E-state index is 5.39. The molecule has 19 aromatic heterocycles. The summed E-state index contributed by atoms with van der Waals surface area (Å²) in [5.74, 6) is 3.38. The SMILES string of the molecule is CCOc1nccc2n[nH]c(C)c12.Cc1[nH]nc2ccnc(-c3cnccn3)c12.Cc1[nH]nc2ccnc(-c3ncco3)c12.Cc1[nH]nc2ccnc(-c3nccs3)c12.Cc1[nH]nc2ccnc(C3CCCC3)c12.Cc1[nH]nc2ccnc(CC3CCCCC3)c12.Cc1[nH]nc2ccnc(CCC(C)C)c12.Cc1[nH]nc2ccnc(Cc3ccccc3)c12. The van der Waals surface area contributed by atoms with Crippen LogP contribution in [0, 0.1) is 67.2 Å². The van der Waals surface area contributed by atoms with Gasteiger partial charge in [-0.15, -0.1) is 11.3 Å². The number of hydrogen-bond donors (Lipinski definition) is 8. The van der Waals surface area contributed by atoms with E-state index in [4.69, 9.17) is 9.15 Å². The van der Waals surface area contributed by atoms with Crippen molar-refractivity contribution in [3.8, 4) is 39.6 Å². The fourth-order valence-electron chi connectivity index (χ4n) is 15.9. The van der Waals surface area contributed by atoms with Gasteiger partial charge in [0.05, 0.1) is 107 Å². The van der Waals surface area contributed by atoms with Crippen LogP contribution in [0.5, 0.6) is 5.88 Å². The number of ether oxygens (including phenoxy) is 1. The molecule has 2 fully saturated rings. The summed E-state index contributed by atoms with van der Waals surface area (Å²) in [4.78, 5) is 51.9. The van der Waals surface area contributed by atoms with E-state index in [1.807, 2.05) is 126 Å². The second kappa shape index (κ2) is 39.9. The number of nitrogens with zero attached hydrogens (tertiary/aromatic N) is 20. The van der Waals surface area contributed by atoms with Crippen LogP contribution >= 0.6 is 11.3 Å². The van der Waals surface area contributed by atoms with Gasteiger partial charge >= 0.3 is 0 Å². The number of aromatic nitrogens is 28. The van der Waals surface area contributed by atoms with E-state index < -0.39 is 0 Å². The average Bonchev–Trinajstić information content (AvgIpc) is 1.67. The first-order valence-electron chi connectivity index (χ1n) is 41.7. The molecule has 19 heterocycles. The van der Waals surface area contributed by atoms with Crippen LogP contribution < -0.4 is 4.74 Å². The van der Waals surface area contributed by atoms with Crippen molar-refractivity contribution >= 4 is 98.6 Å². The molecule has 2 saturated carbocycles. The van der Waals surface area contributed by atoms with E-state index in [1.54, 1.807) is 67.1 Å². The number of nitrogens with one attached hydrogen (secondary N) is 8. The van der Waals surface area contributed by atoms with Gasteiger partial charge < -0.3 is 9.15 Å². The number of aryl methyl sites for hydroxylation is 9. The van der Waals surface area contributed by atoms with Gasteiger partial charge in [0.1, 0.15) is 34.0 Å². The Hall–Kier alpha value is -14.1. The molecule has 1 aromatic carbocycles. The van der Waals surface area contributed by atoms with Crippen molar-refractivity contribution in [2.75, 3.05) is 6.61 Å². The highest BCUT2D eigenvalue weighted by atomic mass is 32.1. The molecule has 0 unspecified atom stereocenters. The van der Waals surface area contributed by atoms with Crippen molar-refractivity contribution in [3.63, 3.8) is 0 Å². The van der Waals surface area contributed by atoms with E-state index in [2.05, 4.69) is 200 Å². The zero-order valence-corrected chi connectivity index (χ0v) is 71.8. The highest BCUT2D eigenvalue weighted by Crippen LogP contribution is 2.38. The number of thiazole rings is 1. The Bertz CT molecular complexity index is 6660. The zero-order valence-electron chi connectivity index (χ0n) is 71.0. The van der Waals surface area contributed by atoms with Crippen LogP contribution in [0.4, 0.5) is 0 Å². The lowest BCUT2D eigenvalue weighted by molar-refractivity contribution is 0.331. The Labute approximate surface area is 713 Å². The molecule has 31 heteroatoms. The van der Waals surface area contributed by atoms with Gasteiger partial charge in [0.2, 0.25) is 11.8 Å². The van der Waals surface area contributed by atoms with Crippen LogP contribution in [-0.4, -0.2) is 148 Å². The number of fused-ring (bicyclic) bond motifs is 8. The molecule has 0 bridgehead atoms. The van der Waals surface area contributed by atoms with Crippen molar-refractivity contribution in [1.29, 1.82) is 0 Å². The smallest absolute Gasteiger partial charge is 0.245 e. The van der Waals surface area contributed by atoms with Gasteiger partial charge in [0.25, 0.3) is 0 Å². The quantitative estimate of drug-likeness (QED) is 0.0531. The van der Waals surface area contributed by atoms with Crippen LogP contribution in [0.1, 0.15) is 165 Å². The largest absolute Gasteiger partial charge is 0.477 e. The molecular weight excluding hydrogens is 1560 g/mol. The maximum absolute atomic E-state index is 5.39. The summed E-state index contributed by atoms with van der Waals surface area (Å²) in [5, 5.41) is 69.4. The molecular formula is C92H100N28O2S. The molecule has 2 aliphatic rings. The first-order chi connectivity index (χ1) is 60.1. The fourth-order valence-corrected chi connectivity index (χ4v) is 16.5. The Morgan fingerprint density at radius 3 is 1.37 bits per heavy atom. The molecule has 626 valence electrons. The molecule has 123 heavy (non-hydrogen) atoms. The first kappa shape index (κ1) is 83.9. The number of aromatic amines is 8. The lowest BCUT2D eigenvalue weighted by Crippen LogP contribution is -2.10. The van der Waals surface area contributed by atoms with Crippen molar-refractivity contribution in [3.05, 3.63) is 245 Å². The summed E-state index contributed by atoms with van der Waals surface area (Å²) < 4.78 is 10.6. The van der Waals surface area contributed by atoms with Crippen molar-refractivity contribution < 1.29 is 9.15 Å². The lowest BCUT2D eigenvalue weighted by atomic mass is 9.85. The summed E-state index contributed by atoms with van der Waals surface area (Å²) in [7, 11) is 0. The summed E-state index contributed by atoms with van der Waals surface area (Å²) in [6, 6.07) is 25.7. The minimum atomic E-state index is 0.519. The molecule has 0 atom stereocenters. The molecule has 30 nitrogen and oxygen atoms in total. The van der Waals surface area contributed by atoms with Crippen LogP contribution in [0.25, 0.3) is 121 Å². The number of rotatable bonds is 13. The van der Waals surface area contributed by atoms with E-state index in [9.17, 15) is 0 Å². The predicted molar refractivity (Wildman–Crippen MR) is 482 cm³/mol. The Kier molecular flexibility index (Phi) is 27.2. The summed E-state index contributed by atoms with van der Waals surface area (Å²) in [6.07, 6.45) is 40.7. The van der Waals surface area contributed by atoms with Gasteiger partial charge in [0.15, 0.2) is 0 Å². The highest BCUT2D eigenvalue weighted by Gasteiger charge is 2.24. The molecule has 0 aliphatic heterocycles. The monoisotopic (exact) mass is 1660 g/mol. The third kappa shape index (κ3) is 19.9. The van der Waals surface area contributed by atoms with Crippen molar-refractivity contribution in [2.24, 2.45) is 11.8 Å². The third-order valence-corrected chi connectivity index (χ3v) is 22.7. The number of pyridine rings is 8. The van der Waals surface area contributed by atoms with E-state index in [0.717, 1.165) is 175 Å². The standard InChI is InChI=1S/C14H19N3.C14H13N3.C12H15N3.C12H17N3.C11H9N5.C10H8N4O.C10H8N4S.C9H11N3O/c2*1-10-14-12(17-16-10)7-8-15-13(14)9-11-5-3-2-4-6-11;1-8-11-10(15-14-8)6-7-13-12(11)9-4-2-3-5-9;1-8(2)4-5-10-12-9(3)14-15-11(12)6-7-13-10;1-7-10-8(16-15-7)2-3-14-11(10)9-6-12-4-5-13-9;2*1-6-8-7(14-13-6)2-3-11-9(8)10-12-4-5-15-10;1-3-13-9-8-6(2)11-12-7(8)4-5-10-9/h7-8,11H,2-6,9H2,1H3,(H,16,17);2-8H,9H2,1H3,(H,16,17);6-7,9H,2-5H2,1H3,(H,14,15);6-8H,4-5H2,1-3H3,(H,14,15);2-6H,1H3,(H,15,16);2*2-5H,1H3,(H,13,14);4-5H,3H2,1-2H3,(H,11,12). The van der Waals surface area contributed by atoms with Gasteiger partial charge in [-0.25, -0.2) is 15.0 Å². The molecule has 0 saturated heterocycles. The number of hydrogen-bond acceptors (Lipinski definition) is 23. The van der Waals surface area contributed by atoms with E-state index >= 15 is 0 Å². The summed E-state index contributed by atoms with van der Waals surface area (Å²) in [5.41, 5.74) is 25.5. The molecule has 0 radical (unpaired) electrons. The lowest BCUT2D eigenvalue weighted by Gasteiger charge is -2.21. The van der Waals surface area contributed by atoms with Crippen LogP contribution in [0.15, 0.2) is 175 Å². The van der Waals surface area contributed by atoms with E-state index in [1.165, 1.54) is 109 Å². The predicted octanol–water partition coefficient (Wildman–Crippen LogP) is 19.7. The number of oxazole rings is 1. The minimum absolute atomic E-state index is 0.519. The summed E-state index contributed by atoms with van der Waals surface area (Å²) >= 11 is 1.59. The van der Waals surface area contributed by atoms with Crippen molar-refractivity contribution in [2.45, 2.75) is 166 Å². The fraction of sp³-hybridized carbons (Fsp3) is 0.304. The Morgan fingerprint density at radius 1 is 0.398 bits per heavy atom. The molecule has 0 amide bonds. The zero-order chi connectivity index (χ0) is 85.1. The topological polar surface area (TPSA) is 406 Å². The summed E-state index contributed by atoms with van der Waals surface area (Å²) in [6.45, 7) is 23.2. The normalized spacial score (nSPS) is 12.7. The Balaban J connectivity index is 0.000000109. The minimum Gasteiger partial charge on any atom is -0.477 e. The Morgan fingerprint density at radius 2 is 0.846 bits per heavy atom. The van der Waals surface area contributed by atoms with Gasteiger partial charge in [-0.2, -0.15) is 40.8 Å². The molecule has 0 spiro atoms. The van der Waals surface area contributed by atoms with Crippen LogP contribution in [-0.2, 0) is 19.3 Å². The van der Waals surface area contributed by atoms with E-state index in [0.29, 0.717) is 30.2 Å². The average molecular weight is 1660 g/mol. The second-order valence-electron chi connectivity index (χ2n) is 31.0. The first-order valence-corrected chi connectivity index (χ1v) is 42.6. The number of H-pyrrole nitrogens is 8. The molecule has 20 aromatic rings. The molecule has 2 aliphatic carbocycles. The van der Waals surface area contributed by atoms with Gasteiger partial charge in [-0.1, -0.05) is 89.1 Å². The third-order valence-electron chi connectivity index (χ3n) is 21.9. The van der Waals surface area contributed by atoms with Gasteiger partial charge in [0, 0.05) is 153 Å². The molecule has 22 rings (SSSR count). The van der Waals surface area contributed by atoms with Crippen LogP contribution in [0.2, 0.25) is 0 Å². The van der Waals surface area contributed by atoms with Gasteiger partial charge in [-0.3, -0.25) is 85.6 Å². The maximum Gasteiger partial charge on any atom is 0.245 e.